The van der Waals surface area contributed by atoms with E-state index in [9.17, 15) is 24.3 Å². The second-order valence-corrected chi connectivity index (χ2v) is 14.3. The summed E-state index contributed by atoms with van der Waals surface area (Å²) >= 11 is 0. The lowest BCUT2D eigenvalue weighted by molar-refractivity contribution is 0.0992. The van der Waals surface area contributed by atoms with Gasteiger partial charge in [-0.05, 0) is 70.5 Å². The molecule has 0 radical (unpaired) electrons. The van der Waals surface area contributed by atoms with E-state index in [0.29, 0.717) is 83.1 Å². The number of ether oxygens (including phenoxy) is 1. The van der Waals surface area contributed by atoms with Crippen molar-refractivity contribution in [3.05, 3.63) is 82.5 Å². The molecule has 4 aromatic heterocycles. The number of nitrogens with one attached hydrogen (secondary N) is 2. The number of aliphatic hydroxyl groups excluding tert-OH is 1. The fraction of sp³-hybridized carbons (Fsp3) is 0.350. The van der Waals surface area contributed by atoms with Crippen LogP contribution in [0.4, 0.5) is 17.6 Å². The van der Waals surface area contributed by atoms with Gasteiger partial charge in [-0.3, -0.25) is 39.2 Å². The first-order valence-corrected chi connectivity index (χ1v) is 19.3. The third kappa shape index (κ3) is 7.83. The Morgan fingerprint density at radius 3 is 2.02 bits per heavy atom. The number of imidazole rings is 2. The van der Waals surface area contributed by atoms with Crippen molar-refractivity contribution >= 4 is 63.3 Å². The van der Waals surface area contributed by atoms with Gasteiger partial charge in [0.15, 0.2) is 0 Å². The maximum absolute atomic E-state index is 13.8. The number of fused-ring (bicyclic) bond motifs is 1. The molecule has 5 heterocycles. The average molecular weight is 806 g/mol. The van der Waals surface area contributed by atoms with Crippen molar-refractivity contribution in [3.8, 4) is 5.75 Å². The average Bonchev–Trinajstić information content (AvgIpc) is 3.95. The molecule has 308 valence electrons. The Morgan fingerprint density at radius 1 is 0.847 bits per heavy atom. The van der Waals surface area contributed by atoms with Crippen LogP contribution in [0.3, 0.4) is 0 Å². The minimum atomic E-state index is -0.688. The Morgan fingerprint density at radius 2 is 1.42 bits per heavy atom. The minimum Gasteiger partial charge on any atom is -0.491 e. The van der Waals surface area contributed by atoms with Crippen LogP contribution in [0.25, 0.3) is 22.1 Å². The lowest BCUT2D eigenvalue weighted by Gasteiger charge is -2.18. The summed E-state index contributed by atoms with van der Waals surface area (Å²) < 4.78 is 13.0. The van der Waals surface area contributed by atoms with Gasteiger partial charge in [-0.25, -0.2) is 9.97 Å². The molecule has 6 aromatic rings. The van der Waals surface area contributed by atoms with Crippen molar-refractivity contribution < 1.29 is 29.0 Å². The number of rotatable bonds is 15. The number of amides is 4. The lowest BCUT2D eigenvalue weighted by Crippen LogP contribution is -2.22. The van der Waals surface area contributed by atoms with E-state index in [2.05, 4.69) is 20.8 Å². The maximum Gasteiger partial charge on any atom is 0.276 e. The number of nitrogens with two attached hydrogens (primary N) is 2. The summed E-state index contributed by atoms with van der Waals surface area (Å²) in [7, 11) is 1.92. The van der Waals surface area contributed by atoms with Crippen LogP contribution in [0.1, 0.15) is 85.8 Å². The number of carbonyl (C=O) groups excluding carboxylic acids is 4. The first-order valence-electron chi connectivity index (χ1n) is 19.3. The summed E-state index contributed by atoms with van der Waals surface area (Å²) in [5.41, 5.74) is 16.7. The predicted octanol–water partition coefficient (Wildman–Crippen LogP) is 3.54. The van der Waals surface area contributed by atoms with E-state index < -0.39 is 23.6 Å². The van der Waals surface area contributed by atoms with Gasteiger partial charge in [-0.2, -0.15) is 10.2 Å². The van der Waals surface area contributed by atoms with Gasteiger partial charge in [0.25, 0.3) is 11.8 Å². The van der Waals surface area contributed by atoms with Gasteiger partial charge < -0.3 is 35.3 Å². The quantitative estimate of drug-likeness (QED) is 0.0742. The highest BCUT2D eigenvalue weighted by Gasteiger charge is 2.29. The van der Waals surface area contributed by atoms with E-state index in [4.69, 9.17) is 26.2 Å². The van der Waals surface area contributed by atoms with Crippen LogP contribution in [0.15, 0.2) is 48.6 Å². The number of benzene rings is 2. The Bertz CT molecular complexity index is 2650. The molecule has 1 aliphatic heterocycles. The number of primary amides is 2. The third-order valence-corrected chi connectivity index (χ3v) is 10.2. The molecule has 2 aromatic carbocycles. The summed E-state index contributed by atoms with van der Waals surface area (Å²) in [5.74, 6) is -1.40. The van der Waals surface area contributed by atoms with Gasteiger partial charge in [-0.1, -0.05) is 12.2 Å². The Kier molecular flexibility index (Phi) is 11.2. The molecule has 1 atom stereocenters. The van der Waals surface area contributed by atoms with Crippen LogP contribution >= 0.6 is 0 Å². The Labute approximate surface area is 338 Å². The zero-order valence-corrected chi connectivity index (χ0v) is 33.5. The van der Waals surface area contributed by atoms with Gasteiger partial charge in [0, 0.05) is 57.4 Å². The second kappa shape index (κ2) is 16.5. The molecular weight excluding hydrogens is 759 g/mol. The Balaban J connectivity index is 1.33. The maximum atomic E-state index is 13.8. The Hall–Kier alpha value is -7.02. The predicted molar refractivity (Wildman–Crippen MR) is 221 cm³/mol. The molecular formula is C40H47N13O6. The largest absolute Gasteiger partial charge is 0.491 e. The number of allylic oxidation sites excluding steroid dienone is 2. The van der Waals surface area contributed by atoms with Crippen molar-refractivity contribution in [2.45, 2.75) is 66.2 Å². The van der Waals surface area contributed by atoms with E-state index in [1.807, 2.05) is 49.4 Å². The number of aliphatic hydroxyl groups is 1. The lowest BCUT2D eigenvalue weighted by atomic mass is 10.1. The fourth-order valence-corrected chi connectivity index (χ4v) is 7.41. The van der Waals surface area contributed by atoms with E-state index >= 15 is 0 Å². The number of hydrogen-bond acceptors (Lipinski definition) is 11. The summed E-state index contributed by atoms with van der Waals surface area (Å²) in [6.07, 6.45) is 4.80. The number of hydrogen-bond donors (Lipinski definition) is 5. The van der Waals surface area contributed by atoms with E-state index in [-0.39, 0.29) is 48.8 Å². The van der Waals surface area contributed by atoms with Crippen LogP contribution in [0, 0.1) is 13.8 Å². The first-order chi connectivity index (χ1) is 28.3. The zero-order chi connectivity index (χ0) is 42.1. The van der Waals surface area contributed by atoms with Crippen LogP contribution in [-0.2, 0) is 19.6 Å². The number of aromatic nitrogens is 8. The summed E-state index contributed by atoms with van der Waals surface area (Å²) in [6, 6.07) is 9.43. The topological polar surface area (TPSA) is 248 Å². The smallest absolute Gasteiger partial charge is 0.276 e. The fourth-order valence-electron chi connectivity index (χ4n) is 7.41. The van der Waals surface area contributed by atoms with Gasteiger partial charge in [0.2, 0.25) is 23.7 Å². The van der Waals surface area contributed by atoms with Gasteiger partial charge in [-0.15, -0.1) is 0 Å². The molecule has 0 saturated heterocycles. The molecule has 7 rings (SSSR count). The molecule has 7 N–H and O–H groups in total. The van der Waals surface area contributed by atoms with E-state index in [1.54, 1.807) is 45.1 Å². The standard InChI is InChI=1S/C40H47N13O6/c1-6-51-30(16-22(3)47-51)37(57)45-39-43-28-19-25(36(42)56)21-32(59-15-9-14-54)34(28)50(39)12-8-10-26-11-13-49(5)29-20-24(35(41)55)18-27-33(29)53(26)40(44-27)46-38(58)31-17-23(4)48-52(31)7-2/h8,10,16-21,26,54H,6-7,9,11-15H2,1-5H3,(H2,41,55)(H2,42,56)(H,43,45,57)(H,44,46,58)/b10-8+/t26-/m0/s1. The number of aryl methyl sites for hydroxylation is 4. The third-order valence-electron chi connectivity index (χ3n) is 10.2. The van der Waals surface area contributed by atoms with Gasteiger partial charge in [0.05, 0.1) is 46.3 Å². The molecule has 0 saturated carbocycles. The monoisotopic (exact) mass is 805 g/mol. The highest BCUT2D eigenvalue weighted by Crippen LogP contribution is 2.38. The van der Waals surface area contributed by atoms with Crippen molar-refractivity contribution in [1.82, 2.24) is 38.7 Å². The molecule has 1 aliphatic rings. The van der Waals surface area contributed by atoms with Crippen LogP contribution in [0.5, 0.6) is 5.75 Å². The second-order valence-electron chi connectivity index (χ2n) is 14.3. The molecule has 0 unspecified atom stereocenters. The molecule has 19 nitrogen and oxygen atoms in total. The zero-order valence-electron chi connectivity index (χ0n) is 33.5. The molecule has 19 heteroatoms. The van der Waals surface area contributed by atoms with E-state index in [0.717, 1.165) is 5.69 Å². The molecule has 0 bridgehead atoms. The SMILES string of the molecule is CCn1nc(C)cc1C(=O)Nc1nc2cc(C(N)=O)cc(OCCCO)c2n1C/C=C/[C@H]1CCN(C)c2cc(C(N)=O)cc3nc(NC(=O)c4cc(C)nn4CC)n1c23. The number of nitrogens with zero attached hydrogens (tertiary/aromatic N) is 9. The first kappa shape index (κ1) is 40.2. The van der Waals surface area contributed by atoms with Crippen LogP contribution < -0.4 is 31.7 Å². The highest BCUT2D eigenvalue weighted by molar-refractivity contribution is 6.06. The van der Waals surface area contributed by atoms with E-state index in [1.165, 1.54) is 12.1 Å². The molecule has 4 amide bonds. The van der Waals surface area contributed by atoms with Gasteiger partial charge in [0.1, 0.15) is 22.7 Å². The normalized spacial score (nSPS) is 14.0. The molecule has 0 fully saturated rings. The number of carbonyl (C=O) groups is 4. The van der Waals surface area contributed by atoms with Gasteiger partial charge >= 0.3 is 0 Å². The highest BCUT2D eigenvalue weighted by atomic mass is 16.5. The van der Waals surface area contributed by atoms with Crippen LogP contribution in [0.2, 0.25) is 0 Å². The summed E-state index contributed by atoms with van der Waals surface area (Å²) in [5, 5.41) is 24.3. The van der Waals surface area contributed by atoms with Crippen molar-refractivity contribution in [2.24, 2.45) is 11.5 Å². The molecule has 0 aliphatic carbocycles. The summed E-state index contributed by atoms with van der Waals surface area (Å²) in [4.78, 5) is 64.0. The minimum absolute atomic E-state index is 0.109. The molecule has 59 heavy (non-hydrogen) atoms. The van der Waals surface area contributed by atoms with Crippen molar-refractivity contribution in [3.63, 3.8) is 0 Å². The number of anilines is 3. The summed E-state index contributed by atoms with van der Waals surface area (Å²) in [6.45, 7) is 9.13. The van der Waals surface area contributed by atoms with Crippen molar-refractivity contribution in [1.29, 1.82) is 0 Å². The van der Waals surface area contributed by atoms with Crippen LogP contribution in [-0.4, -0.2) is 94.2 Å². The molecule has 0 spiro atoms. The van der Waals surface area contributed by atoms with Crippen molar-refractivity contribution in [2.75, 3.05) is 42.3 Å².